The van der Waals surface area contributed by atoms with E-state index in [0.29, 0.717) is 32.1 Å². The molecule has 0 amide bonds. The predicted octanol–water partition coefficient (Wildman–Crippen LogP) is 21.8. The fraction of sp³-hybridized carbons (Fsp3) is 0.566. The molecule has 3 N–H and O–H groups in total. The normalized spacial score (nSPS) is 15.0. The number of carbonyl (C=O) groups is 4. The van der Waals surface area contributed by atoms with Crippen molar-refractivity contribution < 1.29 is 80.2 Å². The highest BCUT2D eigenvalue weighted by atomic mass is 31.2. The number of aliphatic hydroxyl groups excluding tert-OH is 1. The van der Waals surface area contributed by atoms with E-state index in [2.05, 4.69) is 161 Å². The molecule has 17 nitrogen and oxygen atoms in total. The zero-order valence-electron chi connectivity index (χ0n) is 62.4. The van der Waals surface area contributed by atoms with Crippen LogP contribution >= 0.6 is 15.6 Å². The standard InChI is InChI=1S/C83H130O17P2/c1-5-9-13-17-21-25-29-33-37-38-42-44-48-52-56-60-64-68-81(86)94-74-79(100-83(88)70-66-62-58-54-50-46-41-36-32-28-24-20-16-12-8-4)76-98-102(91,92)96-72-77(84)71-95-101(89,90)97-75-78(99-82(87)69-65-61-57-53-49-45-40-35-31-27-23-19-15-11-7-3)73-93-80(85)67-63-59-55-51-47-43-39-34-30-26-22-18-14-10-6-2/h9-11,13-15,21-23,25-27,33-37,39-42,44,47,49,51-53,56,59,61,63,65,77-79,84H,5-8,12,16-20,24,28-32,38,43,45-46,48,50,54-55,57-58,60,62,64,66-76H2,1-4H3,(H,89,90)(H,91,92)/b13-9-,14-10-,15-11-,25-21-,26-22-,27-23-,37-33-,39-34-,40-35-,41-36-,44-42-,51-47-,53-49-,56-52-,63-59-,65-61-. The number of hydrogen-bond donors (Lipinski definition) is 3. The molecule has 19 heteroatoms. The summed E-state index contributed by atoms with van der Waals surface area (Å²) >= 11 is 0. The molecule has 0 aromatic heterocycles. The first kappa shape index (κ1) is 95.9. The quantitative estimate of drug-likeness (QED) is 0.0169. The number of phosphoric acid groups is 2. The van der Waals surface area contributed by atoms with Crippen molar-refractivity contribution in [3.63, 3.8) is 0 Å². The second-order valence-corrected chi connectivity index (χ2v) is 27.0. The summed E-state index contributed by atoms with van der Waals surface area (Å²) in [7, 11) is -10.0. The SMILES string of the molecule is CC/C=C\C/C=C\C/C=C\C/C=C\C/C=C\CCCC(=O)OCC(COP(=O)(O)OCC(O)COP(=O)(O)OCC(COC(=O)C/C=C\C/C=C\C/C=C\C/C=C\C/C=C\CC)OC(=O)C/C=C\C/C=C\C/C=C\C/C=C\C/C=C\CC)OC(=O)CCCCCCC/C=C\CCCCCCCC. The topological polar surface area (TPSA) is 237 Å². The zero-order chi connectivity index (χ0) is 74.6. The van der Waals surface area contributed by atoms with E-state index in [1.165, 1.54) is 38.5 Å². The van der Waals surface area contributed by atoms with Gasteiger partial charge in [-0.15, -0.1) is 0 Å². The first-order chi connectivity index (χ1) is 49.7. The first-order valence-corrected chi connectivity index (χ1v) is 40.7. The van der Waals surface area contributed by atoms with Crippen LogP contribution in [0.15, 0.2) is 194 Å². The van der Waals surface area contributed by atoms with Crippen LogP contribution in [0.25, 0.3) is 0 Å². The van der Waals surface area contributed by atoms with Crippen molar-refractivity contribution in [2.24, 2.45) is 0 Å². The van der Waals surface area contributed by atoms with Crippen molar-refractivity contribution in [2.75, 3.05) is 39.6 Å². The summed E-state index contributed by atoms with van der Waals surface area (Å²) in [5.74, 6) is -2.58. The minimum atomic E-state index is -5.03. The summed E-state index contributed by atoms with van der Waals surface area (Å²) in [6, 6.07) is 0. The van der Waals surface area contributed by atoms with Crippen LogP contribution in [-0.2, 0) is 65.4 Å². The largest absolute Gasteiger partial charge is 0.472 e. The van der Waals surface area contributed by atoms with Crippen molar-refractivity contribution in [1.82, 2.24) is 0 Å². The number of aliphatic hydroxyl groups is 1. The van der Waals surface area contributed by atoms with Crippen LogP contribution in [0.5, 0.6) is 0 Å². The molecule has 0 saturated carbocycles. The predicted molar refractivity (Wildman–Crippen MR) is 417 cm³/mol. The Bertz CT molecular complexity index is 2700. The van der Waals surface area contributed by atoms with Gasteiger partial charge in [0, 0.05) is 12.8 Å². The maximum Gasteiger partial charge on any atom is 0.472 e. The molecule has 0 spiro atoms. The molecule has 0 aliphatic carbocycles. The van der Waals surface area contributed by atoms with Crippen LogP contribution < -0.4 is 0 Å². The van der Waals surface area contributed by atoms with Crippen LogP contribution in [0.2, 0.25) is 0 Å². The van der Waals surface area contributed by atoms with Crippen molar-refractivity contribution in [2.45, 2.75) is 264 Å². The molecule has 0 aliphatic rings. The van der Waals surface area contributed by atoms with Gasteiger partial charge in [0.05, 0.1) is 39.3 Å². The smallest absolute Gasteiger partial charge is 0.462 e. The van der Waals surface area contributed by atoms with Gasteiger partial charge in [0.1, 0.15) is 19.3 Å². The highest BCUT2D eigenvalue weighted by Crippen LogP contribution is 2.45. The number of hydrogen-bond acceptors (Lipinski definition) is 15. The Balaban J connectivity index is 5.57. The summed E-state index contributed by atoms with van der Waals surface area (Å²) in [6.45, 7) is 4.17. The van der Waals surface area contributed by atoms with Gasteiger partial charge in [0.15, 0.2) is 12.2 Å². The number of carbonyl (C=O) groups excluding carboxylic acids is 4. The summed E-state index contributed by atoms with van der Waals surface area (Å²) in [5, 5.41) is 10.6. The third kappa shape index (κ3) is 72.3. The maximum absolute atomic E-state index is 13.1. The number of rotatable bonds is 68. The average Bonchev–Trinajstić information content (AvgIpc) is 0.923. The van der Waals surface area contributed by atoms with E-state index in [1.807, 2.05) is 36.5 Å². The molecule has 102 heavy (non-hydrogen) atoms. The monoisotopic (exact) mass is 1460 g/mol. The Kier molecular flexibility index (Phi) is 68.8. The summed E-state index contributed by atoms with van der Waals surface area (Å²) in [6.07, 6.45) is 89.3. The molecule has 0 heterocycles. The lowest BCUT2D eigenvalue weighted by Crippen LogP contribution is -2.30. The Hall–Kier alpha value is -6.10. The summed E-state index contributed by atoms with van der Waals surface area (Å²) < 4.78 is 68.1. The molecular weight excluding hydrogens is 1330 g/mol. The molecule has 574 valence electrons. The van der Waals surface area contributed by atoms with Gasteiger partial charge < -0.3 is 33.8 Å². The van der Waals surface area contributed by atoms with Gasteiger partial charge in [-0.2, -0.15) is 0 Å². The van der Waals surface area contributed by atoms with Crippen molar-refractivity contribution in [1.29, 1.82) is 0 Å². The van der Waals surface area contributed by atoms with Gasteiger partial charge in [-0.3, -0.25) is 37.3 Å². The molecule has 5 unspecified atom stereocenters. The van der Waals surface area contributed by atoms with Crippen LogP contribution in [0.1, 0.15) is 246 Å². The van der Waals surface area contributed by atoms with Crippen LogP contribution in [0.3, 0.4) is 0 Å². The van der Waals surface area contributed by atoms with Crippen molar-refractivity contribution >= 4 is 39.5 Å². The molecule has 0 radical (unpaired) electrons. The maximum atomic E-state index is 13.1. The minimum absolute atomic E-state index is 0.0608. The van der Waals surface area contributed by atoms with Gasteiger partial charge in [-0.1, -0.05) is 273 Å². The second kappa shape index (κ2) is 73.2. The van der Waals surface area contributed by atoms with E-state index in [0.717, 1.165) is 122 Å². The lowest BCUT2D eigenvalue weighted by molar-refractivity contribution is -0.161. The summed E-state index contributed by atoms with van der Waals surface area (Å²) in [5.41, 5.74) is 0. The number of phosphoric ester groups is 2. The molecule has 0 rings (SSSR count). The first-order valence-electron chi connectivity index (χ1n) is 37.7. The van der Waals surface area contributed by atoms with E-state index in [4.69, 9.17) is 37.0 Å². The second-order valence-electron chi connectivity index (χ2n) is 24.1. The van der Waals surface area contributed by atoms with Crippen molar-refractivity contribution in [3.8, 4) is 0 Å². The van der Waals surface area contributed by atoms with Gasteiger partial charge in [-0.25, -0.2) is 9.13 Å². The number of unbranched alkanes of at least 4 members (excludes halogenated alkanes) is 12. The number of esters is 4. The zero-order valence-corrected chi connectivity index (χ0v) is 64.2. The van der Waals surface area contributed by atoms with Crippen LogP contribution in [-0.4, -0.2) is 96.7 Å². The minimum Gasteiger partial charge on any atom is -0.462 e. The van der Waals surface area contributed by atoms with Gasteiger partial charge in [0.2, 0.25) is 0 Å². The summed E-state index contributed by atoms with van der Waals surface area (Å²) in [4.78, 5) is 72.7. The molecule has 5 atom stereocenters. The van der Waals surface area contributed by atoms with Crippen LogP contribution in [0.4, 0.5) is 0 Å². The molecule has 0 aromatic rings. The third-order valence-electron chi connectivity index (χ3n) is 14.6. The van der Waals surface area contributed by atoms with E-state index in [-0.39, 0.29) is 25.7 Å². The van der Waals surface area contributed by atoms with Gasteiger partial charge in [0.25, 0.3) is 0 Å². The Morgan fingerprint density at radius 2 is 0.569 bits per heavy atom. The van der Waals surface area contributed by atoms with E-state index in [9.17, 15) is 43.2 Å². The molecular formula is C83H130O17P2. The molecule has 0 fully saturated rings. The van der Waals surface area contributed by atoms with E-state index >= 15 is 0 Å². The van der Waals surface area contributed by atoms with E-state index in [1.54, 1.807) is 24.3 Å². The number of allylic oxidation sites excluding steroid dienone is 30. The van der Waals surface area contributed by atoms with E-state index < -0.39 is 97.5 Å². The fourth-order valence-electron chi connectivity index (χ4n) is 8.99. The molecule has 0 bridgehead atoms. The lowest BCUT2D eigenvalue weighted by atomic mass is 10.1. The fourth-order valence-corrected chi connectivity index (χ4v) is 10.6. The Morgan fingerprint density at radius 1 is 0.294 bits per heavy atom. The molecule has 0 aliphatic heterocycles. The molecule has 0 aromatic carbocycles. The Labute approximate surface area is 615 Å². The average molecular weight is 1460 g/mol. The van der Waals surface area contributed by atoms with Gasteiger partial charge >= 0.3 is 39.5 Å². The van der Waals surface area contributed by atoms with Crippen LogP contribution in [0, 0.1) is 0 Å². The molecule has 0 saturated heterocycles. The highest BCUT2D eigenvalue weighted by Gasteiger charge is 2.30. The van der Waals surface area contributed by atoms with Crippen molar-refractivity contribution in [3.05, 3.63) is 194 Å². The highest BCUT2D eigenvalue weighted by molar-refractivity contribution is 7.47. The lowest BCUT2D eigenvalue weighted by Gasteiger charge is -2.21. The Morgan fingerprint density at radius 3 is 0.951 bits per heavy atom. The van der Waals surface area contributed by atoms with Gasteiger partial charge in [-0.05, 0) is 141 Å². The number of ether oxygens (including phenoxy) is 4. The third-order valence-corrected chi connectivity index (χ3v) is 16.5.